The third kappa shape index (κ3) is 2.11. The van der Waals surface area contributed by atoms with E-state index < -0.39 is 10.1 Å². The van der Waals surface area contributed by atoms with E-state index in [1.807, 2.05) is 0 Å². The summed E-state index contributed by atoms with van der Waals surface area (Å²) in [6.07, 6.45) is 0. The average molecular weight is 260 g/mol. The van der Waals surface area contributed by atoms with Crippen LogP contribution in [-0.2, 0) is 10.1 Å². The zero-order valence-electron chi connectivity index (χ0n) is 8.12. The fourth-order valence-corrected chi connectivity index (χ4v) is 2.38. The fraction of sp³-hybridized carbons (Fsp3) is 0. The van der Waals surface area contributed by atoms with Crippen LogP contribution in [0.15, 0.2) is 41.3 Å². The highest BCUT2D eigenvalue weighted by Crippen LogP contribution is 2.27. The minimum absolute atomic E-state index is 0. The zero-order valence-corrected chi connectivity index (χ0v) is 9.75. The van der Waals surface area contributed by atoms with Crippen LogP contribution in [0.5, 0.6) is 0 Å². The van der Waals surface area contributed by atoms with Gasteiger partial charge in [0.15, 0.2) is 0 Å². The monoisotopic (exact) mass is 259 g/mol. The minimum atomic E-state index is -4.29. The fourth-order valence-electron chi connectivity index (χ4n) is 1.55. The Hall–Kier alpha value is -1.30. The number of hydrogen-bond acceptors (Lipinski definition) is 3. The van der Waals surface area contributed by atoms with Crippen molar-refractivity contribution in [3.8, 4) is 0 Å². The second-order valence-electron chi connectivity index (χ2n) is 3.18. The molecule has 2 aromatic rings. The van der Waals surface area contributed by atoms with Crippen LogP contribution in [0.25, 0.3) is 10.8 Å². The van der Waals surface area contributed by atoms with Gasteiger partial charge in [-0.2, -0.15) is 8.42 Å². The van der Waals surface area contributed by atoms with Crippen molar-refractivity contribution in [2.75, 3.05) is 5.73 Å². The summed E-state index contributed by atoms with van der Waals surface area (Å²) >= 11 is 0. The van der Waals surface area contributed by atoms with Gasteiger partial charge in [-0.3, -0.25) is 4.55 Å². The molecule has 16 heavy (non-hydrogen) atoms. The molecule has 0 unspecified atom stereocenters. The van der Waals surface area contributed by atoms with Crippen molar-refractivity contribution < 1.29 is 13.0 Å². The highest BCUT2D eigenvalue weighted by atomic mass is 35.5. The van der Waals surface area contributed by atoms with Crippen LogP contribution < -0.4 is 5.73 Å². The molecule has 0 bridgehead atoms. The molecule has 4 nitrogen and oxygen atoms in total. The summed E-state index contributed by atoms with van der Waals surface area (Å²) < 4.78 is 31.3. The van der Waals surface area contributed by atoms with Crippen LogP contribution in [0.1, 0.15) is 0 Å². The smallest absolute Gasteiger partial charge is 0.297 e. The van der Waals surface area contributed by atoms with E-state index in [2.05, 4.69) is 0 Å². The quantitative estimate of drug-likeness (QED) is 0.607. The highest BCUT2D eigenvalue weighted by Gasteiger charge is 2.17. The van der Waals surface area contributed by atoms with Gasteiger partial charge in [0.1, 0.15) is 4.90 Å². The number of nitrogen functional groups attached to an aromatic ring is 1. The summed E-state index contributed by atoms with van der Waals surface area (Å²) in [6, 6.07) is 10.0. The van der Waals surface area contributed by atoms with Gasteiger partial charge < -0.3 is 5.73 Å². The van der Waals surface area contributed by atoms with Crippen molar-refractivity contribution in [3.63, 3.8) is 0 Å². The normalized spacial score (nSPS) is 11.1. The molecule has 0 aliphatic heterocycles. The Morgan fingerprint density at radius 2 is 1.69 bits per heavy atom. The molecule has 0 radical (unpaired) electrons. The molecule has 86 valence electrons. The Morgan fingerprint density at radius 1 is 1.06 bits per heavy atom. The molecule has 0 aliphatic carbocycles. The van der Waals surface area contributed by atoms with Crippen molar-refractivity contribution >= 4 is 39.0 Å². The van der Waals surface area contributed by atoms with Crippen LogP contribution in [-0.4, -0.2) is 13.0 Å². The minimum Gasteiger partial charge on any atom is -0.398 e. The maximum Gasteiger partial charge on any atom is 0.297 e. The SMILES string of the molecule is Cl.Nc1ccc2ccccc2c1S(=O)(=O)O. The molecule has 0 spiro atoms. The lowest BCUT2D eigenvalue weighted by Crippen LogP contribution is -2.03. The first-order valence-corrected chi connectivity index (χ1v) is 5.69. The summed E-state index contributed by atoms with van der Waals surface area (Å²) in [5.74, 6) is 0. The number of nitrogens with two attached hydrogens (primary N) is 1. The number of anilines is 1. The van der Waals surface area contributed by atoms with E-state index in [4.69, 9.17) is 10.3 Å². The van der Waals surface area contributed by atoms with Gasteiger partial charge in [-0.15, -0.1) is 12.4 Å². The molecule has 0 fully saturated rings. The van der Waals surface area contributed by atoms with Crippen LogP contribution in [0.4, 0.5) is 5.69 Å². The number of halogens is 1. The predicted octanol–water partition coefficient (Wildman–Crippen LogP) is 2.09. The van der Waals surface area contributed by atoms with E-state index in [1.165, 1.54) is 6.07 Å². The van der Waals surface area contributed by atoms with Crippen LogP contribution in [0.3, 0.4) is 0 Å². The first kappa shape index (κ1) is 12.8. The van der Waals surface area contributed by atoms with E-state index >= 15 is 0 Å². The molecule has 0 heterocycles. The Bertz CT molecular complexity index is 625. The lowest BCUT2D eigenvalue weighted by atomic mass is 10.1. The van der Waals surface area contributed by atoms with Crippen LogP contribution in [0, 0.1) is 0 Å². The van der Waals surface area contributed by atoms with Crippen molar-refractivity contribution in [3.05, 3.63) is 36.4 Å². The molecule has 0 aromatic heterocycles. The maximum atomic E-state index is 11.1. The van der Waals surface area contributed by atoms with E-state index in [0.717, 1.165) is 5.39 Å². The second kappa shape index (κ2) is 4.29. The van der Waals surface area contributed by atoms with Gasteiger partial charge in [0.25, 0.3) is 10.1 Å². The van der Waals surface area contributed by atoms with Crippen molar-refractivity contribution in [2.45, 2.75) is 4.90 Å². The topological polar surface area (TPSA) is 80.4 Å². The standard InChI is InChI=1S/C10H9NO3S.ClH/c11-9-6-5-7-3-1-2-4-8(7)10(9)15(12,13)14;/h1-6H,11H2,(H,12,13,14);1H. The van der Waals surface area contributed by atoms with Gasteiger partial charge in [0.05, 0.1) is 5.69 Å². The third-order valence-electron chi connectivity index (χ3n) is 2.17. The molecule has 0 aliphatic rings. The Kier molecular flexibility index (Phi) is 3.42. The van der Waals surface area contributed by atoms with Crippen LogP contribution >= 0.6 is 12.4 Å². The summed E-state index contributed by atoms with van der Waals surface area (Å²) in [6.45, 7) is 0. The van der Waals surface area contributed by atoms with E-state index in [9.17, 15) is 8.42 Å². The largest absolute Gasteiger partial charge is 0.398 e. The summed E-state index contributed by atoms with van der Waals surface area (Å²) in [5.41, 5.74) is 5.59. The molecule has 0 amide bonds. The van der Waals surface area contributed by atoms with Gasteiger partial charge >= 0.3 is 0 Å². The number of benzene rings is 2. The molecule has 3 N–H and O–H groups in total. The third-order valence-corrected chi connectivity index (χ3v) is 3.14. The molecule has 2 aromatic carbocycles. The predicted molar refractivity (Wildman–Crippen MR) is 65.4 cm³/mol. The number of hydrogen-bond donors (Lipinski definition) is 2. The molecule has 0 saturated carbocycles. The van der Waals surface area contributed by atoms with E-state index in [1.54, 1.807) is 30.3 Å². The molecule has 0 atom stereocenters. The summed E-state index contributed by atoms with van der Waals surface area (Å²) in [7, 11) is -4.29. The summed E-state index contributed by atoms with van der Waals surface area (Å²) in [5, 5.41) is 1.15. The molecular weight excluding hydrogens is 250 g/mol. The Balaban J connectivity index is 0.00000128. The van der Waals surface area contributed by atoms with Crippen molar-refractivity contribution in [1.29, 1.82) is 0 Å². The Labute approximate surface area is 99.2 Å². The first-order chi connectivity index (χ1) is 7.00. The van der Waals surface area contributed by atoms with Gasteiger partial charge in [0, 0.05) is 5.39 Å². The molecule has 2 rings (SSSR count). The van der Waals surface area contributed by atoms with Gasteiger partial charge in [-0.25, -0.2) is 0 Å². The lowest BCUT2D eigenvalue weighted by Gasteiger charge is -2.06. The maximum absolute atomic E-state index is 11.1. The lowest BCUT2D eigenvalue weighted by molar-refractivity contribution is 0.484. The Morgan fingerprint density at radius 3 is 2.31 bits per heavy atom. The summed E-state index contributed by atoms with van der Waals surface area (Å²) in [4.78, 5) is -0.222. The van der Waals surface area contributed by atoms with Crippen molar-refractivity contribution in [1.82, 2.24) is 0 Å². The molecule has 0 saturated heterocycles. The van der Waals surface area contributed by atoms with Crippen molar-refractivity contribution in [2.24, 2.45) is 0 Å². The number of fused-ring (bicyclic) bond motifs is 1. The van der Waals surface area contributed by atoms with E-state index in [0.29, 0.717) is 5.39 Å². The van der Waals surface area contributed by atoms with Gasteiger partial charge in [0.2, 0.25) is 0 Å². The molecule has 6 heteroatoms. The number of rotatable bonds is 1. The average Bonchev–Trinajstić information content (AvgIpc) is 2.15. The van der Waals surface area contributed by atoms with Gasteiger partial charge in [-0.1, -0.05) is 30.3 Å². The van der Waals surface area contributed by atoms with E-state index in [-0.39, 0.29) is 23.0 Å². The van der Waals surface area contributed by atoms with Gasteiger partial charge in [-0.05, 0) is 11.5 Å². The molecular formula is C10H10ClNO3S. The highest BCUT2D eigenvalue weighted by molar-refractivity contribution is 7.86. The zero-order chi connectivity index (χ0) is 11.1. The first-order valence-electron chi connectivity index (χ1n) is 4.25. The second-order valence-corrected chi connectivity index (χ2v) is 4.54. The van der Waals surface area contributed by atoms with Crippen LogP contribution in [0.2, 0.25) is 0 Å².